The van der Waals surface area contributed by atoms with Crippen LogP contribution in [0.15, 0.2) is 30.3 Å². The molecule has 0 bridgehead atoms. The van der Waals surface area contributed by atoms with Crippen molar-refractivity contribution in [2.24, 2.45) is 5.92 Å². The Morgan fingerprint density at radius 1 is 1.24 bits per heavy atom. The third-order valence-corrected chi connectivity index (χ3v) is 3.75. The number of carbonyl (C=O) groups is 1. The predicted octanol–water partition coefficient (Wildman–Crippen LogP) is 1.42. The molecule has 0 aromatic heterocycles. The molecule has 1 heterocycles. The molecule has 0 spiro atoms. The summed E-state index contributed by atoms with van der Waals surface area (Å²) in [6, 6.07) is 9.49. The Morgan fingerprint density at radius 2 is 1.92 bits per heavy atom. The van der Waals surface area contributed by atoms with Gasteiger partial charge in [0.1, 0.15) is 11.7 Å². The van der Waals surface area contributed by atoms with Crippen LogP contribution >= 0.6 is 0 Å². The number of amides is 1. The van der Waals surface area contributed by atoms with Crippen LogP contribution in [0.25, 0.3) is 0 Å². The first kappa shape index (κ1) is 19.7. The van der Waals surface area contributed by atoms with Crippen molar-refractivity contribution in [3.63, 3.8) is 0 Å². The summed E-state index contributed by atoms with van der Waals surface area (Å²) in [5, 5.41) is 23.0. The molecule has 1 aromatic rings. The zero-order valence-corrected chi connectivity index (χ0v) is 14.8. The Labute approximate surface area is 147 Å². The second-order valence-corrected chi connectivity index (χ2v) is 7.12. The van der Waals surface area contributed by atoms with Crippen molar-refractivity contribution in [3.8, 4) is 0 Å². The van der Waals surface area contributed by atoms with Crippen LogP contribution in [0.3, 0.4) is 0 Å². The van der Waals surface area contributed by atoms with E-state index in [0.717, 1.165) is 5.56 Å². The molecule has 2 rings (SSSR count). The largest absolute Gasteiger partial charge is 0.444 e. The lowest BCUT2D eigenvalue weighted by Crippen LogP contribution is -2.54. The number of hydrogen-bond acceptors (Lipinski definition) is 6. The van der Waals surface area contributed by atoms with Crippen LogP contribution in [0.1, 0.15) is 26.3 Å². The Morgan fingerprint density at radius 3 is 2.56 bits per heavy atom. The quantitative estimate of drug-likeness (QED) is 0.741. The Balaban J connectivity index is 1.78. The molecule has 0 saturated carbocycles. The highest BCUT2D eigenvalue weighted by Crippen LogP contribution is 2.22. The molecule has 1 aliphatic heterocycles. The molecular weight excluding hydrogens is 326 g/mol. The van der Waals surface area contributed by atoms with Crippen LogP contribution in [0.2, 0.25) is 0 Å². The maximum absolute atomic E-state index is 11.7. The summed E-state index contributed by atoms with van der Waals surface area (Å²) in [7, 11) is 0. The number of benzene rings is 1. The molecule has 140 valence electrons. The van der Waals surface area contributed by atoms with Crippen LogP contribution in [-0.2, 0) is 20.8 Å². The van der Waals surface area contributed by atoms with E-state index in [2.05, 4.69) is 5.32 Å². The van der Waals surface area contributed by atoms with Gasteiger partial charge in [0, 0.05) is 12.5 Å². The van der Waals surface area contributed by atoms with Crippen molar-refractivity contribution in [1.82, 2.24) is 5.32 Å². The van der Waals surface area contributed by atoms with Gasteiger partial charge in [-0.2, -0.15) is 0 Å². The number of nitrogens with one attached hydrogen (secondary N) is 1. The third-order valence-electron chi connectivity index (χ3n) is 3.75. The van der Waals surface area contributed by atoms with E-state index in [1.807, 2.05) is 30.3 Å². The van der Waals surface area contributed by atoms with Crippen molar-refractivity contribution in [2.75, 3.05) is 13.2 Å². The lowest BCUT2D eigenvalue weighted by molar-refractivity contribution is -0.262. The number of alkyl carbamates (subject to hydrolysis) is 1. The monoisotopic (exact) mass is 353 g/mol. The molecule has 1 saturated heterocycles. The molecule has 0 unspecified atom stereocenters. The van der Waals surface area contributed by atoms with Crippen molar-refractivity contribution >= 4 is 6.09 Å². The fourth-order valence-electron chi connectivity index (χ4n) is 2.46. The van der Waals surface area contributed by atoms with Crippen LogP contribution in [0.4, 0.5) is 4.79 Å². The molecule has 4 atom stereocenters. The summed E-state index contributed by atoms with van der Waals surface area (Å²) < 4.78 is 16.2. The van der Waals surface area contributed by atoms with Crippen molar-refractivity contribution in [3.05, 3.63) is 35.9 Å². The second-order valence-electron chi connectivity index (χ2n) is 7.12. The standard InChI is InChI=1S/C18H27NO6/c1-18(2,3)25-17(22)19-9-13-11-24-16(15(21)14(13)20)23-10-12-7-5-4-6-8-12/h4-8,13-16,20-21H,9-11H2,1-3H3,(H,19,22)/t13-,14+,15-,16+/m0/s1. The van der Waals surface area contributed by atoms with Crippen molar-refractivity contribution in [1.29, 1.82) is 0 Å². The van der Waals surface area contributed by atoms with E-state index in [4.69, 9.17) is 14.2 Å². The number of carbonyl (C=O) groups excluding carboxylic acids is 1. The van der Waals surface area contributed by atoms with Gasteiger partial charge in [0.25, 0.3) is 0 Å². The van der Waals surface area contributed by atoms with E-state index < -0.39 is 36.1 Å². The van der Waals surface area contributed by atoms with Crippen LogP contribution in [-0.4, -0.2) is 53.6 Å². The van der Waals surface area contributed by atoms with Gasteiger partial charge in [-0.25, -0.2) is 4.79 Å². The van der Waals surface area contributed by atoms with Gasteiger partial charge in [0.2, 0.25) is 0 Å². The second kappa shape index (κ2) is 8.62. The van der Waals surface area contributed by atoms with Gasteiger partial charge in [0.15, 0.2) is 6.29 Å². The molecule has 1 aliphatic rings. The summed E-state index contributed by atoms with van der Waals surface area (Å²) >= 11 is 0. The smallest absolute Gasteiger partial charge is 0.407 e. The number of aliphatic hydroxyl groups excluding tert-OH is 2. The van der Waals surface area contributed by atoms with E-state index >= 15 is 0 Å². The van der Waals surface area contributed by atoms with Gasteiger partial charge in [-0.1, -0.05) is 30.3 Å². The Kier molecular flexibility index (Phi) is 6.78. The fraction of sp³-hybridized carbons (Fsp3) is 0.611. The van der Waals surface area contributed by atoms with Crippen molar-refractivity contribution in [2.45, 2.75) is 51.5 Å². The van der Waals surface area contributed by atoms with E-state index in [1.54, 1.807) is 20.8 Å². The van der Waals surface area contributed by atoms with Crippen LogP contribution in [0.5, 0.6) is 0 Å². The summed E-state index contributed by atoms with van der Waals surface area (Å²) in [5.74, 6) is -0.445. The van der Waals surface area contributed by atoms with E-state index in [0.29, 0.717) is 0 Å². The first-order valence-electron chi connectivity index (χ1n) is 8.36. The average molecular weight is 353 g/mol. The summed E-state index contributed by atoms with van der Waals surface area (Å²) in [6.45, 7) is 5.87. The van der Waals surface area contributed by atoms with E-state index in [9.17, 15) is 15.0 Å². The highest BCUT2D eigenvalue weighted by atomic mass is 16.7. The van der Waals surface area contributed by atoms with Gasteiger partial charge >= 0.3 is 6.09 Å². The minimum Gasteiger partial charge on any atom is -0.444 e. The number of ether oxygens (including phenoxy) is 3. The van der Waals surface area contributed by atoms with E-state index in [-0.39, 0.29) is 19.8 Å². The maximum atomic E-state index is 11.7. The first-order valence-corrected chi connectivity index (χ1v) is 8.36. The molecule has 25 heavy (non-hydrogen) atoms. The molecule has 1 fully saturated rings. The number of rotatable bonds is 5. The summed E-state index contributed by atoms with van der Waals surface area (Å²) in [4.78, 5) is 11.7. The summed E-state index contributed by atoms with van der Waals surface area (Å²) in [5.41, 5.74) is 0.350. The zero-order valence-electron chi connectivity index (χ0n) is 14.8. The molecule has 1 amide bonds. The molecule has 0 aliphatic carbocycles. The fourth-order valence-corrected chi connectivity index (χ4v) is 2.46. The van der Waals surface area contributed by atoms with Gasteiger partial charge in [-0.3, -0.25) is 0 Å². The summed E-state index contributed by atoms with van der Waals surface area (Å²) in [6.07, 6.45) is -3.74. The van der Waals surface area contributed by atoms with Crippen LogP contribution < -0.4 is 5.32 Å². The lowest BCUT2D eigenvalue weighted by Gasteiger charge is -2.37. The van der Waals surface area contributed by atoms with Gasteiger partial charge in [-0.15, -0.1) is 0 Å². The molecule has 0 radical (unpaired) electrons. The minimum atomic E-state index is -1.19. The van der Waals surface area contributed by atoms with Gasteiger partial charge in [0.05, 0.1) is 19.3 Å². The Hall–Kier alpha value is -1.67. The molecule has 7 heteroatoms. The number of hydrogen-bond donors (Lipinski definition) is 3. The topological polar surface area (TPSA) is 97.3 Å². The first-order chi connectivity index (χ1) is 11.8. The van der Waals surface area contributed by atoms with Gasteiger partial charge in [-0.05, 0) is 26.3 Å². The van der Waals surface area contributed by atoms with Crippen LogP contribution in [0, 0.1) is 5.92 Å². The molecular formula is C18H27NO6. The normalized spacial score (nSPS) is 26.9. The maximum Gasteiger partial charge on any atom is 0.407 e. The highest BCUT2D eigenvalue weighted by molar-refractivity contribution is 5.67. The van der Waals surface area contributed by atoms with Crippen molar-refractivity contribution < 1.29 is 29.2 Å². The highest BCUT2D eigenvalue weighted by Gasteiger charge is 2.39. The molecule has 7 nitrogen and oxygen atoms in total. The SMILES string of the molecule is CC(C)(C)OC(=O)NC[C@H]1CO[C@@H](OCc2ccccc2)[C@@H](O)[C@@H]1O. The number of aliphatic hydroxyl groups is 2. The predicted molar refractivity (Wildman–Crippen MR) is 90.7 cm³/mol. The lowest BCUT2D eigenvalue weighted by atomic mass is 9.95. The van der Waals surface area contributed by atoms with Gasteiger partial charge < -0.3 is 29.7 Å². The molecule has 3 N–H and O–H groups in total. The average Bonchev–Trinajstić information content (AvgIpc) is 2.54. The minimum absolute atomic E-state index is 0.137. The zero-order chi connectivity index (χ0) is 18.4. The third kappa shape index (κ3) is 6.28. The molecule has 1 aromatic carbocycles. The van der Waals surface area contributed by atoms with E-state index in [1.165, 1.54) is 0 Å². The Bertz CT molecular complexity index is 544.